The van der Waals surface area contributed by atoms with Crippen LogP contribution in [0.5, 0.6) is 0 Å². The molecular weight excluding hydrogens is 312 g/mol. The molecule has 0 saturated carbocycles. The fourth-order valence-electron chi connectivity index (χ4n) is 1.82. The second kappa shape index (κ2) is 8.42. The summed E-state index contributed by atoms with van der Waals surface area (Å²) in [7, 11) is 0. The molecule has 0 spiro atoms. The van der Waals surface area contributed by atoms with E-state index in [2.05, 4.69) is 12.1 Å². The molecule has 0 bridgehead atoms. The number of rotatable bonds is 6. The average Bonchev–Trinajstić information content (AvgIpc) is 2.99. The van der Waals surface area contributed by atoms with Crippen molar-refractivity contribution in [1.29, 1.82) is 0 Å². The van der Waals surface area contributed by atoms with Gasteiger partial charge in [-0.25, -0.2) is 0 Å². The Morgan fingerprint density at radius 3 is 2.05 bits per heavy atom. The zero-order valence-electron chi connectivity index (χ0n) is 11.3. The normalized spacial score (nSPS) is 11.7. The summed E-state index contributed by atoms with van der Waals surface area (Å²) in [6.45, 7) is 3.20. The molecule has 2 heterocycles. The van der Waals surface area contributed by atoms with Crippen molar-refractivity contribution >= 4 is 41.0 Å². The molecular formula is C14H19ClN2OS2. The predicted octanol–water partition coefficient (Wildman–Crippen LogP) is 3.50. The Kier molecular flexibility index (Phi) is 7.23. The molecule has 0 fully saturated rings. The number of hydrogen-bond donors (Lipinski definition) is 1. The van der Waals surface area contributed by atoms with Crippen molar-refractivity contribution in [1.82, 2.24) is 4.90 Å². The van der Waals surface area contributed by atoms with E-state index in [0.29, 0.717) is 19.5 Å². The lowest BCUT2D eigenvalue weighted by Crippen LogP contribution is -2.33. The summed E-state index contributed by atoms with van der Waals surface area (Å²) >= 11 is 3.36. The maximum atomic E-state index is 12.3. The first kappa shape index (κ1) is 17.2. The largest absolute Gasteiger partial charge is 0.332 e. The molecule has 2 aromatic rings. The molecule has 20 heavy (non-hydrogen) atoms. The lowest BCUT2D eigenvalue weighted by molar-refractivity contribution is -0.132. The minimum atomic E-state index is -0.0957. The molecule has 2 rings (SSSR count). The molecule has 2 N–H and O–H groups in total. The highest BCUT2D eigenvalue weighted by atomic mass is 35.5. The van der Waals surface area contributed by atoms with E-state index < -0.39 is 0 Å². The topological polar surface area (TPSA) is 46.3 Å². The van der Waals surface area contributed by atoms with Gasteiger partial charge < -0.3 is 10.6 Å². The smallest absolute Gasteiger partial charge is 0.224 e. The quantitative estimate of drug-likeness (QED) is 0.881. The Balaban J connectivity index is 0.00000200. The third-order valence-electron chi connectivity index (χ3n) is 2.70. The van der Waals surface area contributed by atoms with E-state index in [9.17, 15) is 4.79 Å². The summed E-state index contributed by atoms with van der Waals surface area (Å²) in [5.74, 6) is 0.122. The molecule has 0 radical (unpaired) electrons. The second-order valence-corrected chi connectivity index (χ2v) is 6.65. The highest BCUT2D eigenvalue weighted by Gasteiger charge is 2.16. The molecule has 6 heteroatoms. The Morgan fingerprint density at radius 1 is 1.20 bits per heavy atom. The molecule has 2 aromatic heterocycles. The standard InChI is InChI=1S/C14H18N2OS2.ClH/c1-11(15)8-14(17)16(9-12-4-2-6-18-12)10-13-5-3-7-19-13;/h2-7,11H,8-10,15H2,1H3;1H. The third kappa shape index (κ3) is 5.25. The van der Waals surface area contributed by atoms with Crippen molar-refractivity contribution in [3.05, 3.63) is 44.8 Å². The van der Waals surface area contributed by atoms with E-state index in [-0.39, 0.29) is 24.4 Å². The van der Waals surface area contributed by atoms with Crippen LogP contribution < -0.4 is 5.73 Å². The van der Waals surface area contributed by atoms with Crippen LogP contribution in [0.1, 0.15) is 23.1 Å². The van der Waals surface area contributed by atoms with Crippen molar-refractivity contribution in [3.63, 3.8) is 0 Å². The van der Waals surface area contributed by atoms with Gasteiger partial charge in [0.05, 0.1) is 13.1 Å². The zero-order chi connectivity index (χ0) is 13.7. The Hall–Kier alpha value is -0.880. The third-order valence-corrected chi connectivity index (χ3v) is 4.43. The van der Waals surface area contributed by atoms with E-state index in [1.165, 1.54) is 9.75 Å². The summed E-state index contributed by atoms with van der Waals surface area (Å²) in [6, 6.07) is 8.05. The highest BCUT2D eigenvalue weighted by molar-refractivity contribution is 7.10. The van der Waals surface area contributed by atoms with Crippen LogP contribution in [0.15, 0.2) is 35.0 Å². The molecule has 0 aliphatic carbocycles. The van der Waals surface area contributed by atoms with Crippen LogP contribution in [0.3, 0.4) is 0 Å². The summed E-state index contributed by atoms with van der Waals surface area (Å²) in [6.07, 6.45) is 0.400. The zero-order valence-corrected chi connectivity index (χ0v) is 13.8. The van der Waals surface area contributed by atoms with Gasteiger partial charge in [0.25, 0.3) is 0 Å². The molecule has 0 saturated heterocycles. The lowest BCUT2D eigenvalue weighted by Gasteiger charge is -2.22. The first-order valence-electron chi connectivity index (χ1n) is 6.23. The maximum Gasteiger partial charge on any atom is 0.224 e. The van der Waals surface area contributed by atoms with Crippen molar-refractivity contribution in [2.45, 2.75) is 32.5 Å². The van der Waals surface area contributed by atoms with Crippen LogP contribution in [-0.2, 0) is 17.9 Å². The number of nitrogens with zero attached hydrogens (tertiary/aromatic N) is 1. The van der Waals surface area contributed by atoms with Crippen LogP contribution in [0.2, 0.25) is 0 Å². The first-order valence-corrected chi connectivity index (χ1v) is 7.99. The molecule has 0 aliphatic rings. The van der Waals surface area contributed by atoms with E-state index in [0.717, 1.165) is 0 Å². The van der Waals surface area contributed by atoms with Crippen molar-refractivity contribution in [2.24, 2.45) is 5.73 Å². The van der Waals surface area contributed by atoms with E-state index in [4.69, 9.17) is 5.73 Å². The number of carbonyl (C=O) groups excluding carboxylic acids is 1. The SMILES string of the molecule is CC(N)CC(=O)N(Cc1cccs1)Cc1cccs1.Cl. The highest BCUT2D eigenvalue weighted by Crippen LogP contribution is 2.18. The number of hydrogen-bond acceptors (Lipinski definition) is 4. The van der Waals surface area contributed by atoms with Gasteiger partial charge in [-0.2, -0.15) is 0 Å². The fourth-order valence-corrected chi connectivity index (χ4v) is 3.26. The van der Waals surface area contributed by atoms with Gasteiger partial charge in [-0.15, -0.1) is 35.1 Å². The first-order chi connectivity index (χ1) is 9.15. The minimum Gasteiger partial charge on any atom is -0.332 e. The molecule has 0 aromatic carbocycles. The van der Waals surface area contributed by atoms with Gasteiger partial charge in [-0.05, 0) is 29.8 Å². The summed E-state index contributed by atoms with van der Waals surface area (Å²) in [5.41, 5.74) is 5.74. The molecule has 1 unspecified atom stereocenters. The number of amides is 1. The van der Waals surface area contributed by atoms with Crippen molar-refractivity contribution < 1.29 is 4.79 Å². The summed E-state index contributed by atoms with van der Waals surface area (Å²) in [5, 5.41) is 4.07. The molecule has 1 atom stereocenters. The summed E-state index contributed by atoms with van der Waals surface area (Å²) in [4.78, 5) is 16.6. The molecule has 1 amide bonds. The van der Waals surface area contributed by atoms with Crippen LogP contribution in [0.4, 0.5) is 0 Å². The van der Waals surface area contributed by atoms with Gasteiger partial charge in [0, 0.05) is 22.2 Å². The van der Waals surface area contributed by atoms with Crippen molar-refractivity contribution in [2.75, 3.05) is 0 Å². The fraction of sp³-hybridized carbons (Fsp3) is 0.357. The number of thiophene rings is 2. The van der Waals surface area contributed by atoms with Gasteiger partial charge >= 0.3 is 0 Å². The van der Waals surface area contributed by atoms with Gasteiger partial charge in [0.15, 0.2) is 0 Å². The van der Waals surface area contributed by atoms with E-state index in [1.54, 1.807) is 22.7 Å². The maximum absolute atomic E-state index is 12.3. The predicted molar refractivity (Wildman–Crippen MR) is 88.4 cm³/mol. The van der Waals surface area contributed by atoms with Gasteiger partial charge in [0.1, 0.15) is 0 Å². The monoisotopic (exact) mass is 330 g/mol. The molecule has 3 nitrogen and oxygen atoms in total. The Morgan fingerprint density at radius 2 is 1.70 bits per heavy atom. The Labute approximate surface area is 133 Å². The minimum absolute atomic E-state index is 0. The number of halogens is 1. The molecule has 110 valence electrons. The van der Waals surface area contributed by atoms with Gasteiger partial charge in [0.2, 0.25) is 5.91 Å². The lowest BCUT2D eigenvalue weighted by atomic mass is 10.2. The van der Waals surface area contributed by atoms with Crippen LogP contribution >= 0.6 is 35.1 Å². The Bertz CT molecular complexity index is 461. The van der Waals surface area contributed by atoms with E-state index >= 15 is 0 Å². The average molecular weight is 331 g/mol. The van der Waals surface area contributed by atoms with E-state index in [1.807, 2.05) is 34.7 Å². The number of nitrogens with two attached hydrogens (primary N) is 1. The van der Waals surface area contributed by atoms with Crippen LogP contribution in [0, 0.1) is 0 Å². The van der Waals surface area contributed by atoms with Crippen LogP contribution in [0.25, 0.3) is 0 Å². The van der Waals surface area contributed by atoms with Crippen LogP contribution in [-0.4, -0.2) is 16.8 Å². The summed E-state index contributed by atoms with van der Waals surface area (Å²) < 4.78 is 0. The van der Waals surface area contributed by atoms with Gasteiger partial charge in [-0.3, -0.25) is 4.79 Å². The van der Waals surface area contributed by atoms with Crippen molar-refractivity contribution in [3.8, 4) is 0 Å². The number of carbonyl (C=O) groups is 1. The van der Waals surface area contributed by atoms with Gasteiger partial charge in [-0.1, -0.05) is 12.1 Å². The second-order valence-electron chi connectivity index (χ2n) is 4.59. The molecule has 0 aliphatic heterocycles.